The molecule has 4 aliphatic rings. The van der Waals surface area contributed by atoms with Crippen LogP contribution in [0.4, 0.5) is 0 Å². The Balaban J connectivity index is 2.33. The number of hydrogen-bond acceptors (Lipinski definition) is 7. The van der Waals surface area contributed by atoms with Crippen LogP contribution in [0, 0.1) is 5.41 Å². The Morgan fingerprint density at radius 2 is 2.14 bits per heavy atom. The average molecular weight is 294 g/mol. The van der Waals surface area contributed by atoms with Crippen LogP contribution in [0.25, 0.3) is 0 Å². The van der Waals surface area contributed by atoms with Crippen molar-refractivity contribution in [3.8, 4) is 0 Å². The van der Waals surface area contributed by atoms with Crippen LogP contribution < -0.4 is 5.73 Å². The first-order valence-corrected chi connectivity index (χ1v) is 6.38. The fraction of sp³-hybridized carbons (Fsp3) is 0.462. The van der Waals surface area contributed by atoms with Gasteiger partial charge in [-0.3, -0.25) is 15.0 Å². The second-order valence-corrected chi connectivity index (χ2v) is 5.42. The number of nitrogens with two attached hydrogens (primary N) is 1. The van der Waals surface area contributed by atoms with Gasteiger partial charge in [0.05, 0.1) is 18.3 Å². The summed E-state index contributed by atoms with van der Waals surface area (Å²) < 4.78 is 5.47. The summed E-state index contributed by atoms with van der Waals surface area (Å²) >= 11 is 0. The summed E-state index contributed by atoms with van der Waals surface area (Å²) in [4.78, 5) is 23.7. The van der Waals surface area contributed by atoms with E-state index < -0.39 is 52.6 Å². The molecular weight excluding hydrogens is 280 g/mol. The molecular formula is C13H14N2O6. The Labute approximate surface area is 119 Å². The number of amides is 1. The molecule has 0 aromatic carbocycles. The molecule has 1 fully saturated rings. The zero-order valence-corrected chi connectivity index (χ0v) is 11.1. The van der Waals surface area contributed by atoms with Crippen LogP contribution in [-0.4, -0.2) is 56.6 Å². The summed E-state index contributed by atoms with van der Waals surface area (Å²) in [6, 6.07) is 0. The Morgan fingerprint density at radius 1 is 1.52 bits per heavy atom. The van der Waals surface area contributed by atoms with Gasteiger partial charge in [-0.15, -0.1) is 0 Å². The Hall–Kier alpha value is -2.03. The molecule has 2 heterocycles. The number of ketones is 1. The number of ether oxygens (including phenoxy) is 1. The number of fused-ring (bicyclic) bond motifs is 2. The monoisotopic (exact) mass is 294 g/mol. The lowest BCUT2D eigenvalue weighted by Crippen LogP contribution is -2.66. The van der Waals surface area contributed by atoms with Crippen LogP contribution in [-0.2, 0) is 14.3 Å². The standard InChI is InChI=1S/C13H14N2O6/c1-3-13(20)5(16)2-4(21-3)6-8(13)11(18)9(14)7(10(6)17)12(15)19/h3-5,14,16-17,20H,2H2,1H3,(H2,15,19)/t3-,4-,5+,13-/m1/s1. The minimum atomic E-state index is -2.02. The second-order valence-electron chi connectivity index (χ2n) is 5.42. The number of rotatable bonds is 1. The Kier molecular flexibility index (Phi) is 2.65. The SMILES string of the molecule is C[C@H]1O[C@@H]2C[C@H](O)[C@@]1(O)C1=C2C(O)=C(C(N)=O)C(=N)C1=O. The van der Waals surface area contributed by atoms with Crippen molar-refractivity contribution in [1.29, 1.82) is 5.41 Å². The van der Waals surface area contributed by atoms with Gasteiger partial charge in [0.15, 0.2) is 0 Å². The van der Waals surface area contributed by atoms with Crippen LogP contribution in [0.3, 0.4) is 0 Å². The molecule has 2 aliphatic heterocycles. The number of hydrogen-bond donors (Lipinski definition) is 5. The number of nitrogens with one attached hydrogen (secondary N) is 1. The molecule has 1 saturated heterocycles. The third-order valence-electron chi connectivity index (χ3n) is 4.37. The summed E-state index contributed by atoms with van der Waals surface area (Å²) in [5, 5.41) is 38.6. The highest BCUT2D eigenvalue weighted by molar-refractivity contribution is 6.56. The van der Waals surface area contributed by atoms with Crippen molar-refractivity contribution in [3.63, 3.8) is 0 Å². The first-order chi connectivity index (χ1) is 9.71. The van der Waals surface area contributed by atoms with E-state index in [-0.39, 0.29) is 17.6 Å². The van der Waals surface area contributed by atoms with E-state index in [1.54, 1.807) is 0 Å². The molecule has 0 saturated carbocycles. The van der Waals surface area contributed by atoms with E-state index >= 15 is 0 Å². The predicted molar refractivity (Wildman–Crippen MR) is 68.5 cm³/mol. The first kappa shape index (κ1) is 13.9. The van der Waals surface area contributed by atoms with E-state index in [1.165, 1.54) is 6.92 Å². The molecule has 6 N–H and O–H groups in total. The summed E-state index contributed by atoms with van der Waals surface area (Å²) in [6.45, 7) is 1.49. The quantitative estimate of drug-likeness (QED) is 0.369. The smallest absolute Gasteiger partial charge is 0.254 e. The maximum atomic E-state index is 12.3. The van der Waals surface area contributed by atoms with E-state index in [4.69, 9.17) is 15.9 Å². The van der Waals surface area contributed by atoms with Gasteiger partial charge in [0.2, 0.25) is 5.78 Å². The van der Waals surface area contributed by atoms with Gasteiger partial charge < -0.3 is 25.8 Å². The van der Waals surface area contributed by atoms with Crippen LogP contribution in [0.15, 0.2) is 22.5 Å². The van der Waals surface area contributed by atoms with E-state index in [9.17, 15) is 24.9 Å². The normalized spacial score (nSPS) is 38.9. The molecule has 2 aliphatic carbocycles. The summed E-state index contributed by atoms with van der Waals surface area (Å²) in [7, 11) is 0. The zero-order chi connectivity index (χ0) is 15.7. The summed E-state index contributed by atoms with van der Waals surface area (Å²) in [6.07, 6.45) is -3.02. The van der Waals surface area contributed by atoms with Gasteiger partial charge in [-0.25, -0.2) is 0 Å². The predicted octanol–water partition coefficient (Wildman–Crippen LogP) is -1.53. The highest BCUT2D eigenvalue weighted by Gasteiger charge is 2.61. The molecule has 0 radical (unpaired) electrons. The van der Waals surface area contributed by atoms with Gasteiger partial charge in [-0.2, -0.15) is 0 Å². The molecule has 4 rings (SSSR count). The maximum Gasteiger partial charge on any atom is 0.254 e. The van der Waals surface area contributed by atoms with E-state index in [0.717, 1.165) is 0 Å². The third kappa shape index (κ3) is 1.46. The molecule has 1 amide bonds. The minimum Gasteiger partial charge on any atom is -0.507 e. The molecule has 8 heteroatoms. The number of Topliss-reactive ketones (excluding diaryl/α,β-unsaturated/α-hetero) is 1. The molecule has 0 aromatic heterocycles. The van der Waals surface area contributed by atoms with Gasteiger partial charge in [0.25, 0.3) is 5.91 Å². The highest BCUT2D eigenvalue weighted by Crippen LogP contribution is 2.49. The van der Waals surface area contributed by atoms with E-state index in [0.29, 0.717) is 0 Å². The fourth-order valence-electron chi connectivity index (χ4n) is 3.30. The fourth-order valence-corrected chi connectivity index (χ4v) is 3.30. The average Bonchev–Trinajstić information content (AvgIpc) is 2.38. The van der Waals surface area contributed by atoms with Crippen molar-refractivity contribution < 1.29 is 29.6 Å². The summed E-state index contributed by atoms with van der Waals surface area (Å²) in [5.41, 5.74) is 1.34. The third-order valence-corrected chi connectivity index (χ3v) is 4.37. The van der Waals surface area contributed by atoms with Gasteiger partial charge >= 0.3 is 0 Å². The lowest BCUT2D eigenvalue weighted by molar-refractivity contribution is -0.211. The van der Waals surface area contributed by atoms with Crippen LogP contribution in [0.1, 0.15) is 13.3 Å². The van der Waals surface area contributed by atoms with Crippen molar-refractivity contribution in [2.45, 2.75) is 37.3 Å². The number of aliphatic hydroxyl groups excluding tert-OH is 2. The second kappa shape index (κ2) is 4.00. The zero-order valence-electron chi connectivity index (χ0n) is 11.1. The minimum absolute atomic E-state index is 0.0314. The van der Waals surface area contributed by atoms with Crippen molar-refractivity contribution in [2.75, 3.05) is 0 Å². The highest BCUT2D eigenvalue weighted by atomic mass is 16.5. The molecule has 0 aromatic rings. The largest absolute Gasteiger partial charge is 0.507 e. The molecule has 0 unspecified atom stereocenters. The van der Waals surface area contributed by atoms with Gasteiger partial charge in [-0.05, 0) is 6.92 Å². The lowest BCUT2D eigenvalue weighted by atomic mass is 9.65. The van der Waals surface area contributed by atoms with Crippen LogP contribution in [0.5, 0.6) is 0 Å². The topological polar surface area (TPSA) is 154 Å². The van der Waals surface area contributed by atoms with Gasteiger partial charge in [-0.1, -0.05) is 0 Å². The Bertz CT molecular complexity index is 650. The molecule has 8 nitrogen and oxygen atoms in total. The van der Waals surface area contributed by atoms with E-state index in [2.05, 4.69) is 0 Å². The maximum absolute atomic E-state index is 12.3. The molecule has 2 bridgehead atoms. The lowest BCUT2D eigenvalue weighted by Gasteiger charge is -2.52. The van der Waals surface area contributed by atoms with Crippen molar-refractivity contribution in [1.82, 2.24) is 0 Å². The summed E-state index contributed by atoms with van der Waals surface area (Å²) in [5.74, 6) is -2.68. The van der Waals surface area contributed by atoms with Gasteiger partial charge in [0, 0.05) is 17.6 Å². The van der Waals surface area contributed by atoms with Crippen LogP contribution >= 0.6 is 0 Å². The number of carbonyl (C=O) groups excluding carboxylic acids is 2. The Morgan fingerprint density at radius 3 is 2.67 bits per heavy atom. The first-order valence-electron chi connectivity index (χ1n) is 6.38. The number of primary amides is 1. The van der Waals surface area contributed by atoms with Gasteiger partial charge in [0.1, 0.15) is 22.6 Å². The molecule has 0 spiro atoms. The number of aliphatic hydroxyl groups is 3. The van der Waals surface area contributed by atoms with Crippen molar-refractivity contribution >= 4 is 17.4 Å². The van der Waals surface area contributed by atoms with Crippen molar-refractivity contribution in [2.24, 2.45) is 5.73 Å². The number of carbonyl (C=O) groups is 2. The molecule has 4 atom stereocenters. The van der Waals surface area contributed by atoms with E-state index in [1.807, 2.05) is 0 Å². The van der Waals surface area contributed by atoms with Crippen LogP contribution in [0.2, 0.25) is 0 Å². The van der Waals surface area contributed by atoms with Crippen molar-refractivity contribution in [3.05, 3.63) is 22.5 Å². The molecule has 112 valence electrons. The molecule has 21 heavy (non-hydrogen) atoms.